The lowest BCUT2D eigenvalue weighted by Gasteiger charge is -2.23. The third-order valence-corrected chi connectivity index (χ3v) is 4.74. The highest BCUT2D eigenvalue weighted by Gasteiger charge is 2.27. The Bertz CT molecular complexity index is 758. The van der Waals surface area contributed by atoms with Gasteiger partial charge in [-0.25, -0.2) is 4.79 Å². The highest BCUT2D eigenvalue weighted by molar-refractivity contribution is 5.94. The van der Waals surface area contributed by atoms with Crippen LogP contribution < -0.4 is 38.2 Å². The molecule has 10 N–H and O–H groups in total. The number of nitrogens with two attached hydrogens (primary N) is 2. The molecule has 0 radical (unpaired) electrons. The Balaban J connectivity index is 4.97. The van der Waals surface area contributed by atoms with E-state index in [0.29, 0.717) is 38.8 Å². The number of rotatable bonds is 19. The van der Waals surface area contributed by atoms with Crippen LogP contribution in [0.5, 0.6) is 0 Å². The number of nitrogens with zero attached hydrogens (tertiary/aromatic N) is 3. The average molecular weight is 501 g/mol. The summed E-state index contributed by atoms with van der Waals surface area (Å²) in [6.07, 6.45) is 2.38. The van der Waals surface area contributed by atoms with Crippen molar-refractivity contribution >= 4 is 29.6 Å². The van der Waals surface area contributed by atoms with E-state index in [0.717, 1.165) is 0 Å². The summed E-state index contributed by atoms with van der Waals surface area (Å²) in [6, 6.07) is -3.25. The van der Waals surface area contributed by atoms with Crippen LogP contribution in [0.3, 0.4) is 0 Å². The van der Waals surface area contributed by atoms with Crippen LogP contribution in [0.25, 0.3) is 10.4 Å². The molecule has 16 heteroatoms. The molecule has 3 atom stereocenters. The molecule has 198 valence electrons. The lowest BCUT2D eigenvalue weighted by Crippen LogP contribution is -2.55. The quantitative estimate of drug-likeness (QED) is 0.0312. The first-order chi connectivity index (χ1) is 16.7. The van der Waals surface area contributed by atoms with Crippen molar-refractivity contribution in [3.05, 3.63) is 10.4 Å². The van der Waals surface area contributed by atoms with Gasteiger partial charge in [0.1, 0.15) is 18.1 Å². The number of carboxylic acid groups (broad SMARTS) is 1. The Kier molecular flexibility index (Phi) is 16.8. The first kappa shape index (κ1) is 31.4. The zero-order valence-corrected chi connectivity index (χ0v) is 19.8. The standard InChI is InChI=1S/C19H36N10O6/c1-12(25-16(31)11-23-15(30)10-21)17(32)26-13(6-2-4-8-20)18(33)27-14(19(34)35)7-3-5-9-24-29-28-22/h12-14,24H,2-11,20-21H2,1H3,(H,23,30)(H,25,31)(H,26,32)(H,27,33)(H,34,35)/t12-,13-,14-/m0/s1. The van der Waals surface area contributed by atoms with E-state index in [4.69, 9.17) is 17.0 Å². The van der Waals surface area contributed by atoms with Gasteiger partial charge in [0.15, 0.2) is 0 Å². The molecule has 0 aromatic heterocycles. The molecule has 0 aromatic rings. The first-order valence-corrected chi connectivity index (χ1v) is 11.2. The zero-order valence-electron chi connectivity index (χ0n) is 19.8. The number of hydrogen-bond acceptors (Lipinski definition) is 8. The van der Waals surface area contributed by atoms with Gasteiger partial charge < -0.3 is 37.8 Å². The molecule has 0 fully saturated rings. The van der Waals surface area contributed by atoms with Gasteiger partial charge in [-0.05, 0) is 57.2 Å². The van der Waals surface area contributed by atoms with E-state index in [2.05, 4.69) is 36.8 Å². The molecule has 35 heavy (non-hydrogen) atoms. The van der Waals surface area contributed by atoms with Crippen LogP contribution >= 0.6 is 0 Å². The Morgan fingerprint density at radius 2 is 1.54 bits per heavy atom. The number of unbranched alkanes of at least 4 members (excludes halogenated alkanes) is 2. The highest BCUT2D eigenvalue weighted by Crippen LogP contribution is 2.06. The largest absolute Gasteiger partial charge is 0.480 e. The minimum absolute atomic E-state index is 0.128. The second-order valence-corrected chi connectivity index (χ2v) is 7.61. The summed E-state index contributed by atoms with van der Waals surface area (Å²) in [4.78, 5) is 62.5. The smallest absolute Gasteiger partial charge is 0.326 e. The van der Waals surface area contributed by atoms with Gasteiger partial charge >= 0.3 is 5.97 Å². The first-order valence-electron chi connectivity index (χ1n) is 11.2. The van der Waals surface area contributed by atoms with Gasteiger partial charge in [-0.1, -0.05) is 0 Å². The van der Waals surface area contributed by atoms with Gasteiger partial charge in [-0.3, -0.25) is 24.6 Å². The van der Waals surface area contributed by atoms with Crippen LogP contribution in [-0.2, 0) is 24.0 Å². The zero-order chi connectivity index (χ0) is 26.6. The number of carboxylic acids is 1. The van der Waals surface area contributed by atoms with E-state index in [1.54, 1.807) is 0 Å². The van der Waals surface area contributed by atoms with Crippen molar-refractivity contribution in [2.45, 2.75) is 63.6 Å². The van der Waals surface area contributed by atoms with E-state index in [1.807, 2.05) is 0 Å². The van der Waals surface area contributed by atoms with E-state index in [-0.39, 0.29) is 25.9 Å². The number of azide groups is 1. The monoisotopic (exact) mass is 500 g/mol. The lowest BCUT2D eigenvalue weighted by atomic mass is 10.1. The fourth-order valence-electron chi connectivity index (χ4n) is 2.83. The van der Waals surface area contributed by atoms with Gasteiger partial charge in [0, 0.05) is 0 Å². The minimum Gasteiger partial charge on any atom is -0.480 e. The van der Waals surface area contributed by atoms with Crippen molar-refractivity contribution in [1.29, 1.82) is 0 Å². The van der Waals surface area contributed by atoms with Crippen molar-refractivity contribution < 1.29 is 29.1 Å². The molecule has 0 spiro atoms. The van der Waals surface area contributed by atoms with E-state index < -0.39 is 47.7 Å². The normalized spacial score (nSPS) is 12.8. The number of carbonyl (C=O) groups excluding carboxylic acids is 4. The number of nitrogens with one attached hydrogen (secondary N) is 5. The fraction of sp³-hybridized carbons (Fsp3) is 0.737. The summed E-state index contributed by atoms with van der Waals surface area (Å²) in [7, 11) is 0. The summed E-state index contributed by atoms with van der Waals surface area (Å²) >= 11 is 0. The molecule has 0 unspecified atom stereocenters. The Labute approximate surface area is 202 Å². The van der Waals surface area contributed by atoms with Crippen molar-refractivity contribution in [2.24, 2.45) is 16.7 Å². The summed E-state index contributed by atoms with van der Waals surface area (Å²) < 4.78 is 0. The van der Waals surface area contributed by atoms with Gasteiger partial charge in [0.2, 0.25) is 23.6 Å². The lowest BCUT2D eigenvalue weighted by molar-refractivity contribution is -0.142. The number of aliphatic carboxylic acids is 1. The van der Waals surface area contributed by atoms with Gasteiger partial charge in [-0.15, -0.1) is 5.53 Å². The molecule has 0 aliphatic heterocycles. The molecule has 0 bridgehead atoms. The molecule has 0 aromatic carbocycles. The molecule has 0 heterocycles. The number of carbonyl (C=O) groups is 5. The molecular weight excluding hydrogens is 464 g/mol. The molecule has 4 amide bonds. The van der Waals surface area contributed by atoms with Gasteiger partial charge in [0.25, 0.3) is 0 Å². The maximum absolute atomic E-state index is 12.8. The number of amides is 4. The van der Waals surface area contributed by atoms with Crippen LogP contribution in [0.1, 0.15) is 45.4 Å². The molecule has 0 rings (SSSR count). The minimum atomic E-state index is -1.23. The van der Waals surface area contributed by atoms with Crippen LogP contribution in [0.2, 0.25) is 0 Å². The Hall–Kier alpha value is -3.62. The third-order valence-electron chi connectivity index (χ3n) is 4.74. The predicted octanol–water partition coefficient (Wildman–Crippen LogP) is -2.27. The fourth-order valence-corrected chi connectivity index (χ4v) is 2.83. The predicted molar refractivity (Wildman–Crippen MR) is 125 cm³/mol. The Morgan fingerprint density at radius 3 is 2.14 bits per heavy atom. The summed E-state index contributed by atoms with van der Waals surface area (Å²) in [5.41, 5.74) is 21.3. The molecule has 0 saturated heterocycles. The van der Waals surface area contributed by atoms with Crippen LogP contribution in [0.15, 0.2) is 5.22 Å². The summed E-state index contributed by atoms with van der Waals surface area (Å²) in [5, 5.41) is 22.2. The van der Waals surface area contributed by atoms with Gasteiger partial charge in [0.05, 0.1) is 19.6 Å². The van der Waals surface area contributed by atoms with Crippen LogP contribution in [0, 0.1) is 0 Å². The molecule has 0 saturated carbocycles. The molecule has 0 aliphatic carbocycles. The van der Waals surface area contributed by atoms with E-state index in [9.17, 15) is 29.1 Å². The topological polar surface area (TPSA) is 267 Å². The third kappa shape index (κ3) is 15.0. The second kappa shape index (κ2) is 18.8. The Morgan fingerprint density at radius 1 is 0.914 bits per heavy atom. The van der Waals surface area contributed by atoms with Crippen molar-refractivity contribution in [2.75, 3.05) is 26.2 Å². The van der Waals surface area contributed by atoms with Crippen LogP contribution in [0.4, 0.5) is 0 Å². The van der Waals surface area contributed by atoms with E-state index >= 15 is 0 Å². The van der Waals surface area contributed by atoms with Crippen LogP contribution in [-0.4, -0.2) is 79.0 Å². The summed E-state index contributed by atoms with van der Waals surface area (Å²) in [5.74, 6) is -3.72. The number of hydrogen-bond donors (Lipinski definition) is 8. The second-order valence-electron chi connectivity index (χ2n) is 7.61. The van der Waals surface area contributed by atoms with Gasteiger partial charge in [-0.2, -0.15) is 4.91 Å². The highest BCUT2D eigenvalue weighted by atomic mass is 16.4. The molecule has 16 nitrogen and oxygen atoms in total. The average Bonchev–Trinajstić information content (AvgIpc) is 2.82. The van der Waals surface area contributed by atoms with Crippen molar-refractivity contribution in [3.63, 3.8) is 0 Å². The van der Waals surface area contributed by atoms with Crippen molar-refractivity contribution in [1.82, 2.24) is 26.7 Å². The van der Waals surface area contributed by atoms with E-state index in [1.165, 1.54) is 6.92 Å². The summed E-state index contributed by atoms with van der Waals surface area (Å²) in [6.45, 7) is 1.48. The SMILES string of the molecule is C[C@H](NC(=O)CNC(=O)CN)C(=O)N[C@@H](CCCCN)C(=O)N[C@@H](CCCCNN=[N+]=[N-])C(=O)O. The maximum Gasteiger partial charge on any atom is 0.326 e. The maximum atomic E-state index is 12.8. The molecular formula is C19H36N10O6. The molecule has 0 aliphatic rings. The van der Waals surface area contributed by atoms with Crippen molar-refractivity contribution in [3.8, 4) is 0 Å².